The molecule has 3 aromatic heterocycles. The smallest absolute Gasteiger partial charge is 0.262 e. The van der Waals surface area contributed by atoms with Crippen molar-refractivity contribution in [2.24, 2.45) is 0 Å². The molecular weight excluding hydrogens is 435 g/mol. The number of hydrogen-bond donors (Lipinski definition) is 1. The van der Waals surface area contributed by atoms with Gasteiger partial charge in [0.2, 0.25) is 5.88 Å². The molecular formula is C22H19FN4O4S. The average molecular weight is 454 g/mol. The van der Waals surface area contributed by atoms with Gasteiger partial charge in [-0.25, -0.2) is 22.8 Å². The number of aromatic nitrogens is 3. The molecule has 164 valence electrons. The SMILES string of the molecule is COc1ncc(-c2ccc3nc(C)cc(=O)n3c2)cc1NS(=O)(=O)c1ccc(F)cc1C. The Bertz CT molecular complexity index is 1520. The molecule has 3 heterocycles. The lowest BCUT2D eigenvalue weighted by Crippen LogP contribution is -2.16. The standard InChI is InChI=1S/C22H19FN4O4S/c1-13-8-17(23)5-6-19(13)32(29,30)26-18-10-16(11-24-22(18)31-3)15-4-7-20-25-14(2)9-21(28)27(20)12-15/h4-12,26H,1-3H3. The van der Waals surface area contributed by atoms with E-state index in [9.17, 15) is 17.6 Å². The molecule has 32 heavy (non-hydrogen) atoms. The second-order valence-electron chi connectivity index (χ2n) is 7.18. The Balaban J connectivity index is 1.78. The Hall–Kier alpha value is -3.79. The van der Waals surface area contributed by atoms with Crippen LogP contribution in [0.1, 0.15) is 11.3 Å². The molecule has 10 heteroatoms. The topological polar surface area (TPSA) is 103 Å². The van der Waals surface area contributed by atoms with Gasteiger partial charge in [-0.15, -0.1) is 0 Å². The molecule has 0 unspecified atom stereocenters. The van der Waals surface area contributed by atoms with E-state index in [0.717, 1.165) is 12.1 Å². The van der Waals surface area contributed by atoms with Crippen LogP contribution in [-0.4, -0.2) is 29.9 Å². The summed E-state index contributed by atoms with van der Waals surface area (Å²) in [6, 6.07) is 9.84. The third-order valence-corrected chi connectivity index (χ3v) is 6.36. The third-order valence-electron chi connectivity index (χ3n) is 4.84. The summed E-state index contributed by atoms with van der Waals surface area (Å²) >= 11 is 0. The Morgan fingerprint density at radius 2 is 1.84 bits per heavy atom. The van der Waals surface area contributed by atoms with Crippen LogP contribution in [0.5, 0.6) is 5.88 Å². The van der Waals surface area contributed by atoms with E-state index >= 15 is 0 Å². The first-order valence-electron chi connectivity index (χ1n) is 9.51. The number of fused-ring (bicyclic) bond motifs is 1. The molecule has 0 aliphatic rings. The summed E-state index contributed by atoms with van der Waals surface area (Å²) in [6.07, 6.45) is 3.11. The van der Waals surface area contributed by atoms with Crippen molar-refractivity contribution in [1.82, 2.24) is 14.4 Å². The number of benzene rings is 1. The van der Waals surface area contributed by atoms with Crippen LogP contribution in [0.15, 0.2) is 64.5 Å². The Morgan fingerprint density at radius 1 is 1.06 bits per heavy atom. The molecule has 0 atom stereocenters. The fourth-order valence-corrected chi connectivity index (χ4v) is 4.63. The second kappa shape index (κ2) is 8.04. The van der Waals surface area contributed by atoms with Gasteiger partial charge in [-0.3, -0.25) is 13.9 Å². The summed E-state index contributed by atoms with van der Waals surface area (Å²) in [7, 11) is -2.67. The van der Waals surface area contributed by atoms with E-state index in [0.29, 0.717) is 22.5 Å². The van der Waals surface area contributed by atoms with E-state index in [4.69, 9.17) is 4.74 Å². The molecule has 0 bridgehead atoms. The van der Waals surface area contributed by atoms with Crippen LogP contribution in [0.2, 0.25) is 0 Å². The van der Waals surface area contributed by atoms with Crippen LogP contribution in [-0.2, 0) is 10.0 Å². The fourth-order valence-electron chi connectivity index (χ4n) is 3.35. The van der Waals surface area contributed by atoms with Crippen molar-refractivity contribution in [1.29, 1.82) is 0 Å². The number of pyridine rings is 2. The molecule has 0 saturated heterocycles. The molecule has 4 rings (SSSR count). The first-order valence-corrected chi connectivity index (χ1v) is 11.0. The predicted octanol–water partition coefficient (Wildman–Crippen LogP) is 3.32. The highest BCUT2D eigenvalue weighted by molar-refractivity contribution is 7.92. The first kappa shape index (κ1) is 21.4. The van der Waals surface area contributed by atoms with Gasteiger partial charge in [-0.1, -0.05) is 0 Å². The van der Waals surface area contributed by atoms with Crippen LogP contribution in [0.4, 0.5) is 10.1 Å². The second-order valence-corrected chi connectivity index (χ2v) is 8.83. The van der Waals surface area contributed by atoms with E-state index in [1.807, 2.05) is 0 Å². The van der Waals surface area contributed by atoms with E-state index in [1.165, 1.54) is 36.8 Å². The molecule has 0 saturated carbocycles. The zero-order valence-electron chi connectivity index (χ0n) is 17.5. The van der Waals surface area contributed by atoms with Crippen LogP contribution >= 0.6 is 0 Å². The summed E-state index contributed by atoms with van der Waals surface area (Å²) < 4.78 is 48.3. The fraction of sp³-hybridized carbons (Fsp3) is 0.136. The minimum absolute atomic E-state index is 0.0623. The summed E-state index contributed by atoms with van der Waals surface area (Å²) in [5.74, 6) is -0.466. The van der Waals surface area contributed by atoms with Gasteiger partial charge < -0.3 is 4.74 Å². The van der Waals surface area contributed by atoms with Gasteiger partial charge in [0.15, 0.2) is 0 Å². The highest BCUT2D eigenvalue weighted by atomic mass is 32.2. The van der Waals surface area contributed by atoms with Gasteiger partial charge in [0.05, 0.1) is 12.0 Å². The molecule has 0 aliphatic carbocycles. The predicted molar refractivity (Wildman–Crippen MR) is 118 cm³/mol. The van der Waals surface area contributed by atoms with Gasteiger partial charge in [-0.2, -0.15) is 0 Å². The zero-order valence-corrected chi connectivity index (χ0v) is 18.3. The van der Waals surface area contributed by atoms with Crippen molar-refractivity contribution in [3.05, 3.63) is 82.3 Å². The maximum absolute atomic E-state index is 13.4. The molecule has 1 aromatic carbocycles. The maximum atomic E-state index is 13.4. The largest absolute Gasteiger partial charge is 0.480 e. The van der Waals surface area contributed by atoms with Crippen molar-refractivity contribution < 1.29 is 17.5 Å². The highest BCUT2D eigenvalue weighted by Gasteiger charge is 2.20. The van der Waals surface area contributed by atoms with Crippen molar-refractivity contribution in [2.45, 2.75) is 18.7 Å². The molecule has 0 aliphatic heterocycles. The van der Waals surface area contributed by atoms with Crippen molar-refractivity contribution in [2.75, 3.05) is 11.8 Å². The molecule has 0 fully saturated rings. The van der Waals surface area contributed by atoms with Crippen molar-refractivity contribution in [3.8, 4) is 17.0 Å². The molecule has 0 radical (unpaired) electrons. The number of nitrogens with zero attached hydrogens (tertiary/aromatic N) is 3. The molecule has 8 nitrogen and oxygen atoms in total. The van der Waals surface area contributed by atoms with Crippen LogP contribution in [0, 0.1) is 19.7 Å². The minimum atomic E-state index is -4.04. The van der Waals surface area contributed by atoms with Gasteiger partial charge in [0.25, 0.3) is 15.6 Å². The normalized spacial score (nSPS) is 11.5. The molecule has 0 spiro atoms. The molecule has 0 amide bonds. The zero-order chi connectivity index (χ0) is 23.0. The number of aryl methyl sites for hydroxylation is 2. The Morgan fingerprint density at radius 3 is 2.56 bits per heavy atom. The monoisotopic (exact) mass is 454 g/mol. The van der Waals surface area contributed by atoms with E-state index in [2.05, 4.69) is 14.7 Å². The Labute approximate surface area is 183 Å². The minimum Gasteiger partial charge on any atom is -0.480 e. The van der Waals surface area contributed by atoms with Gasteiger partial charge in [0, 0.05) is 35.3 Å². The number of nitrogens with one attached hydrogen (secondary N) is 1. The number of halogens is 1. The quantitative estimate of drug-likeness (QED) is 0.496. The van der Waals surface area contributed by atoms with Gasteiger partial charge in [-0.05, 0) is 55.8 Å². The Kier molecular flexibility index (Phi) is 5.39. The summed E-state index contributed by atoms with van der Waals surface area (Å²) in [4.78, 5) is 20.8. The lowest BCUT2D eigenvalue weighted by molar-refractivity contribution is 0.400. The van der Waals surface area contributed by atoms with Crippen LogP contribution in [0.25, 0.3) is 16.8 Å². The number of anilines is 1. The highest BCUT2D eigenvalue weighted by Crippen LogP contribution is 2.30. The van der Waals surface area contributed by atoms with Gasteiger partial charge in [0.1, 0.15) is 17.2 Å². The van der Waals surface area contributed by atoms with Crippen molar-refractivity contribution >= 4 is 21.4 Å². The van der Waals surface area contributed by atoms with Crippen LogP contribution < -0.4 is 15.0 Å². The summed E-state index contributed by atoms with van der Waals surface area (Å²) in [5, 5.41) is 0. The molecule has 4 aromatic rings. The average Bonchev–Trinajstić information content (AvgIpc) is 2.73. The number of hydrogen-bond acceptors (Lipinski definition) is 6. The lowest BCUT2D eigenvalue weighted by Gasteiger charge is -2.14. The number of methoxy groups -OCH3 is 1. The number of ether oxygens (including phenoxy) is 1. The summed E-state index contributed by atoms with van der Waals surface area (Å²) in [5.41, 5.74) is 2.41. The van der Waals surface area contributed by atoms with E-state index < -0.39 is 15.8 Å². The third kappa shape index (κ3) is 4.04. The number of rotatable bonds is 5. The van der Waals surface area contributed by atoms with E-state index in [1.54, 1.807) is 31.3 Å². The summed E-state index contributed by atoms with van der Waals surface area (Å²) in [6.45, 7) is 3.25. The van der Waals surface area contributed by atoms with E-state index in [-0.39, 0.29) is 27.6 Å². The molecule has 1 N–H and O–H groups in total. The first-order chi connectivity index (χ1) is 15.2. The van der Waals surface area contributed by atoms with Crippen LogP contribution in [0.3, 0.4) is 0 Å². The maximum Gasteiger partial charge on any atom is 0.262 e. The number of sulfonamides is 1. The van der Waals surface area contributed by atoms with Crippen molar-refractivity contribution in [3.63, 3.8) is 0 Å². The lowest BCUT2D eigenvalue weighted by atomic mass is 10.1. The van der Waals surface area contributed by atoms with Gasteiger partial charge >= 0.3 is 0 Å².